The van der Waals surface area contributed by atoms with Crippen LogP contribution in [0.1, 0.15) is 45.5 Å². The van der Waals surface area contributed by atoms with E-state index in [1.54, 1.807) is 11.3 Å². The summed E-state index contributed by atoms with van der Waals surface area (Å²) in [6.45, 7) is 9.97. The topological polar surface area (TPSA) is 59.8 Å². The molecule has 6 heteroatoms. The molecule has 1 atom stereocenters. The Morgan fingerprint density at radius 1 is 1.19 bits per heavy atom. The number of carbonyl (C=O) groups is 1. The number of benzene rings is 1. The van der Waals surface area contributed by atoms with Crippen LogP contribution in [0.5, 0.6) is 0 Å². The number of aromatic nitrogens is 3. The fourth-order valence-corrected chi connectivity index (χ4v) is 4.13. The van der Waals surface area contributed by atoms with Crippen LogP contribution in [-0.2, 0) is 11.2 Å². The molecule has 0 bridgehead atoms. The van der Waals surface area contributed by atoms with E-state index in [1.807, 2.05) is 69.6 Å². The largest absolute Gasteiger partial charge is 0.348 e. The zero-order valence-electron chi connectivity index (χ0n) is 15.8. The highest BCUT2D eigenvalue weighted by molar-refractivity contribution is 7.11. The molecule has 1 N–H and O–H groups in total. The van der Waals surface area contributed by atoms with Gasteiger partial charge < -0.3 is 5.32 Å². The number of hydrogen-bond acceptors (Lipinski definition) is 4. The molecule has 136 valence electrons. The predicted molar refractivity (Wildman–Crippen MR) is 105 cm³/mol. The average Bonchev–Trinajstić information content (AvgIpc) is 3.08. The van der Waals surface area contributed by atoms with Crippen molar-refractivity contribution in [2.24, 2.45) is 0 Å². The molecule has 0 radical (unpaired) electrons. The van der Waals surface area contributed by atoms with Crippen molar-refractivity contribution in [1.29, 1.82) is 0 Å². The molecule has 0 spiro atoms. The Bertz CT molecular complexity index is 927. The SMILES string of the molecule is Cc1nc([C@H](C)NC(=O)Cc2c(C)nn(-c3ccccc3)c2C)c(C)s1. The van der Waals surface area contributed by atoms with Crippen molar-refractivity contribution in [3.05, 3.63) is 62.9 Å². The van der Waals surface area contributed by atoms with Crippen molar-refractivity contribution >= 4 is 17.2 Å². The summed E-state index contributed by atoms with van der Waals surface area (Å²) in [6, 6.07) is 9.87. The molecule has 0 unspecified atom stereocenters. The van der Waals surface area contributed by atoms with Crippen LogP contribution in [0.15, 0.2) is 30.3 Å². The normalized spacial score (nSPS) is 12.2. The van der Waals surface area contributed by atoms with E-state index >= 15 is 0 Å². The van der Waals surface area contributed by atoms with Gasteiger partial charge in [0.1, 0.15) is 0 Å². The third-order valence-corrected chi connectivity index (χ3v) is 5.41. The lowest BCUT2D eigenvalue weighted by molar-refractivity contribution is -0.121. The van der Waals surface area contributed by atoms with Crippen LogP contribution in [-0.4, -0.2) is 20.7 Å². The highest BCUT2D eigenvalue weighted by atomic mass is 32.1. The van der Waals surface area contributed by atoms with Crippen LogP contribution < -0.4 is 5.32 Å². The minimum absolute atomic E-state index is 0.0126. The number of thiazole rings is 1. The number of carbonyl (C=O) groups excluding carboxylic acids is 1. The molecular weight excluding hydrogens is 344 g/mol. The first-order valence-corrected chi connectivity index (χ1v) is 9.52. The average molecular weight is 369 g/mol. The molecule has 0 fully saturated rings. The van der Waals surface area contributed by atoms with Crippen LogP contribution in [0.3, 0.4) is 0 Å². The van der Waals surface area contributed by atoms with Crippen molar-refractivity contribution in [2.45, 2.75) is 47.1 Å². The van der Waals surface area contributed by atoms with E-state index in [0.29, 0.717) is 6.42 Å². The predicted octanol–water partition coefficient (Wildman–Crippen LogP) is 3.98. The molecule has 3 rings (SSSR count). The van der Waals surface area contributed by atoms with E-state index in [4.69, 9.17) is 0 Å². The molecule has 2 heterocycles. The Morgan fingerprint density at radius 2 is 1.88 bits per heavy atom. The van der Waals surface area contributed by atoms with Crippen LogP contribution >= 0.6 is 11.3 Å². The number of para-hydroxylation sites is 1. The molecule has 2 aromatic heterocycles. The van der Waals surface area contributed by atoms with E-state index in [1.165, 1.54) is 0 Å². The number of aryl methyl sites for hydroxylation is 3. The van der Waals surface area contributed by atoms with E-state index < -0.39 is 0 Å². The molecule has 0 aliphatic carbocycles. The third kappa shape index (κ3) is 3.70. The molecule has 5 nitrogen and oxygen atoms in total. The van der Waals surface area contributed by atoms with E-state index in [-0.39, 0.29) is 11.9 Å². The molecule has 0 aliphatic heterocycles. The summed E-state index contributed by atoms with van der Waals surface area (Å²) in [5.41, 5.74) is 4.81. The van der Waals surface area contributed by atoms with Gasteiger partial charge in [-0.1, -0.05) is 18.2 Å². The first-order valence-electron chi connectivity index (χ1n) is 8.70. The number of amides is 1. The second-order valence-corrected chi connectivity index (χ2v) is 7.94. The first-order chi connectivity index (χ1) is 12.4. The maximum atomic E-state index is 12.6. The van der Waals surface area contributed by atoms with Gasteiger partial charge in [0.05, 0.1) is 34.5 Å². The standard InChI is InChI=1S/C20H24N4OS/c1-12-18(14(3)24(23-12)17-9-7-6-8-10-17)11-19(25)21-13(2)20-15(4)26-16(5)22-20/h6-10,13H,11H2,1-5H3,(H,21,25)/t13-/m0/s1. The lowest BCUT2D eigenvalue weighted by atomic mass is 10.1. The van der Waals surface area contributed by atoms with Crippen molar-refractivity contribution in [3.8, 4) is 5.69 Å². The lowest BCUT2D eigenvalue weighted by Crippen LogP contribution is -2.29. The Morgan fingerprint density at radius 3 is 2.50 bits per heavy atom. The smallest absolute Gasteiger partial charge is 0.225 e. The van der Waals surface area contributed by atoms with Crippen LogP contribution in [0.4, 0.5) is 0 Å². The minimum atomic E-state index is -0.0998. The van der Waals surface area contributed by atoms with Crippen molar-refractivity contribution in [2.75, 3.05) is 0 Å². The van der Waals surface area contributed by atoms with Gasteiger partial charge in [0.25, 0.3) is 0 Å². The number of rotatable bonds is 5. The third-order valence-electron chi connectivity index (χ3n) is 4.51. The maximum absolute atomic E-state index is 12.6. The van der Waals surface area contributed by atoms with Crippen molar-refractivity contribution in [1.82, 2.24) is 20.1 Å². The van der Waals surface area contributed by atoms with E-state index in [2.05, 4.69) is 15.4 Å². The Kier molecular flexibility index (Phi) is 5.23. The van der Waals surface area contributed by atoms with Crippen molar-refractivity contribution in [3.63, 3.8) is 0 Å². The molecule has 0 aliphatic rings. The maximum Gasteiger partial charge on any atom is 0.225 e. The Labute approximate surface area is 158 Å². The lowest BCUT2D eigenvalue weighted by Gasteiger charge is -2.13. The second kappa shape index (κ2) is 7.41. The summed E-state index contributed by atoms with van der Waals surface area (Å²) in [6.07, 6.45) is 0.316. The summed E-state index contributed by atoms with van der Waals surface area (Å²) in [5.74, 6) is -0.0126. The Hall–Kier alpha value is -2.47. The minimum Gasteiger partial charge on any atom is -0.348 e. The molecule has 0 saturated carbocycles. The van der Waals surface area contributed by atoms with Crippen LogP contribution in [0, 0.1) is 27.7 Å². The highest BCUT2D eigenvalue weighted by Crippen LogP contribution is 2.23. The summed E-state index contributed by atoms with van der Waals surface area (Å²) >= 11 is 1.66. The summed E-state index contributed by atoms with van der Waals surface area (Å²) in [4.78, 5) is 18.3. The number of nitrogens with one attached hydrogen (secondary N) is 1. The molecule has 1 amide bonds. The van der Waals surface area contributed by atoms with Crippen molar-refractivity contribution < 1.29 is 4.79 Å². The first kappa shape index (κ1) is 18.3. The zero-order valence-corrected chi connectivity index (χ0v) is 16.6. The van der Waals surface area contributed by atoms with Gasteiger partial charge in [0.15, 0.2) is 0 Å². The molecular formula is C20H24N4OS. The van der Waals surface area contributed by atoms with Gasteiger partial charge in [0, 0.05) is 16.1 Å². The van der Waals surface area contributed by atoms with Gasteiger partial charge >= 0.3 is 0 Å². The van der Waals surface area contributed by atoms with Gasteiger partial charge in [0.2, 0.25) is 5.91 Å². The van der Waals surface area contributed by atoms with Gasteiger partial charge in [-0.25, -0.2) is 9.67 Å². The van der Waals surface area contributed by atoms with Gasteiger partial charge in [-0.2, -0.15) is 5.10 Å². The molecule has 26 heavy (non-hydrogen) atoms. The fourth-order valence-electron chi connectivity index (χ4n) is 3.22. The fraction of sp³-hybridized carbons (Fsp3) is 0.350. The zero-order chi connectivity index (χ0) is 18.8. The molecule has 1 aromatic carbocycles. The van der Waals surface area contributed by atoms with Crippen LogP contribution in [0.2, 0.25) is 0 Å². The quantitative estimate of drug-likeness (QED) is 0.741. The summed E-state index contributed by atoms with van der Waals surface area (Å²) < 4.78 is 1.90. The van der Waals surface area contributed by atoms with Crippen LogP contribution in [0.25, 0.3) is 5.69 Å². The monoisotopic (exact) mass is 368 g/mol. The summed E-state index contributed by atoms with van der Waals surface area (Å²) in [7, 11) is 0. The number of nitrogens with zero attached hydrogens (tertiary/aromatic N) is 3. The second-order valence-electron chi connectivity index (χ2n) is 6.54. The van der Waals surface area contributed by atoms with Gasteiger partial charge in [-0.15, -0.1) is 11.3 Å². The van der Waals surface area contributed by atoms with E-state index in [9.17, 15) is 4.79 Å². The molecule has 0 saturated heterocycles. The highest BCUT2D eigenvalue weighted by Gasteiger charge is 2.19. The van der Waals surface area contributed by atoms with E-state index in [0.717, 1.165) is 38.2 Å². The Balaban J connectivity index is 1.76. The number of hydrogen-bond donors (Lipinski definition) is 1. The van der Waals surface area contributed by atoms with Gasteiger partial charge in [-0.05, 0) is 46.8 Å². The summed E-state index contributed by atoms with van der Waals surface area (Å²) in [5, 5.41) is 8.71. The van der Waals surface area contributed by atoms with Gasteiger partial charge in [-0.3, -0.25) is 4.79 Å². The molecule has 3 aromatic rings.